The van der Waals surface area contributed by atoms with E-state index >= 15 is 0 Å². The van der Waals surface area contributed by atoms with Gasteiger partial charge in [0.05, 0.1) is 18.5 Å². The number of aliphatic hydroxyl groups is 1. The number of aromatic amines is 1. The van der Waals surface area contributed by atoms with Crippen LogP contribution < -0.4 is 4.72 Å². The molecule has 0 saturated carbocycles. The van der Waals surface area contributed by atoms with Crippen molar-refractivity contribution in [2.45, 2.75) is 38.4 Å². The smallest absolute Gasteiger partial charge is 0.257 e. The standard InChI is InChI=1S/C12H19N5O3S/c1-9-6-10(2)17(16-9)5-3-4-14-21(19,20)12-11(8-18)7-13-15-12/h6-7,14,18H,3-5,8H2,1-2H3,(H,13,15). The average Bonchev–Trinajstić information content (AvgIpc) is 3.01. The highest BCUT2D eigenvalue weighted by molar-refractivity contribution is 7.89. The summed E-state index contributed by atoms with van der Waals surface area (Å²) in [5.74, 6) is 0. The van der Waals surface area contributed by atoms with Crippen LogP contribution in [0.25, 0.3) is 0 Å². The molecule has 0 saturated heterocycles. The Balaban J connectivity index is 1.90. The molecule has 8 nitrogen and oxygen atoms in total. The van der Waals surface area contributed by atoms with Gasteiger partial charge in [-0.25, -0.2) is 13.1 Å². The van der Waals surface area contributed by atoms with Crippen molar-refractivity contribution in [1.82, 2.24) is 24.7 Å². The predicted molar refractivity (Wildman–Crippen MR) is 76.0 cm³/mol. The lowest BCUT2D eigenvalue weighted by Crippen LogP contribution is -2.27. The Morgan fingerprint density at radius 3 is 2.81 bits per heavy atom. The number of rotatable bonds is 7. The highest BCUT2D eigenvalue weighted by Crippen LogP contribution is 2.11. The minimum Gasteiger partial charge on any atom is -0.392 e. The molecule has 2 heterocycles. The second kappa shape index (κ2) is 6.37. The average molecular weight is 313 g/mol. The summed E-state index contributed by atoms with van der Waals surface area (Å²) in [5, 5.41) is 19.3. The van der Waals surface area contributed by atoms with E-state index in [1.54, 1.807) is 0 Å². The Labute approximate surface area is 123 Å². The van der Waals surface area contributed by atoms with Crippen LogP contribution in [-0.2, 0) is 23.2 Å². The third-order valence-electron chi connectivity index (χ3n) is 3.06. The number of nitrogens with zero attached hydrogens (tertiary/aromatic N) is 3. The molecule has 3 N–H and O–H groups in total. The number of aliphatic hydroxyl groups excluding tert-OH is 1. The van der Waals surface area contributed by atoms with E-state index in [9.17, 15) is 8.42 Å². The summed E-state index contributed by atoms with van der Waals surface area (Å²) in [4.78, 5) is 0. The monoisotopic (exact) mass is 313 g/mol. The lowest BCUT2D eigenvalue weighted by Gasteiger charge is -2.07. The Morgan fingerprint density at radius 1 is 1.43 bits per heavy atom. The molecular weight excluding hydrogens is 294 g/mol. The van der Waals surface area contributed by atoms with Crippen LogP contribution in [0.5, 0.6) is 0 Å². The van der Waals surface area contributed by atoms with Crippen molar-refractivity contribution in [2.24, 2.45) is 0 Å². The second-order valence-corrected chi connectivity index (χ2v) is 6.49. The summed E-state index contributed by atoms with van der Waals surface area (Å²) in [7, 11) is -3.68. The van der Waals surface area contributed by atoms with Gasteiger partial charge < -0.3 is 5.11 Å². The van der Waals surface area contributed by atoms with Gasteiger partial charge in [0.1, 0.15) is 0 Å². The maximum absolute atomic E-state index is 12.0. The summed E-state index contributed by atoms with van der Waals surface area (Å²) in [6.07, 6.45) is 1.91. The van der Waals surface area contributed by atoms with Crippen LogP contribution in [0.15, 0.2) is 17.3 Å². The largest absolute Gasteiger partial charge is 0.392 e. The molecule has 0 aliphatic heterocycles. The molecule has 0 aliphatic rings. The molecule has 116 valence electrons. The van der Waals surface area contributed by atoms with Crippen LogP contribution in [0.3, 0.4) is 0 Å². The third-order valence-corrected chi connectivity index (χ3v) is 4.53. The SMILES string of the molecule is Cc1cc(C)n(CCCNS(=O)(=O)c2[nH]ncc2CO)n1. The number of H-pyrrole nitrogens is 1. The normalized spacial score (nSPS) is 12.0. The summed E-state index contributed by atoms with van der Waals surface area (Å²) < 4.78 is 28.4. The van der Waals surface area contributed by atoms with E-state index in [-0.39, 0.29) is 23.7 Å². The van der Waals surface area contributed by atoms with Crippen LogP contribution in [0.4, 0.5) is 0 Å². The molecule has 0 bridgehead atoms. The fourth-order valence-corrected chi connectivity index (χ4v) is 3.25. The number of aryl methyl sites for hydroxylation is 3. The topological polar surface area (TPSA) is 113 Å². The van der Waals surface area contributed by atoms with Crippen molar-refractivity contribution < 1.29 is 13.5 Å². The van der Waals surface area contributed by atoms with Crippen molar-refractivity contribution in [3.63, 3.8) is 0 Å². The predicted octanol–water partition coefficient (Wildman–Crippen LogP) is 0.0839. The maximum atomic E-state index is 12.0. The van der Waals surface area contributed by atoms with Crippen molar-refractivity contribution >= 4 is 10.0 Å². The Morgan fingerprint density at radius 2 is 2.19 bits per heavy atom. The van der Waals surface area contributed by atoms with Crippen LogP contribution in [-0.4, -0.2) is 40.0 Å². The van der Waals surface area contributed by atoms with Gasteiger partial charge in [0.25, 0.3) is 10.0 Å². The van der Waals surface area contributed by atoms with Crippen LogP contribution in [0.1, 0.15) is 23.4 Å². The number of nitrogens with one attached hydrogen (secondary N) is 2. The van der Waals surface area contributed by atoms with Crippen molar-refractivity contribution in [1.29, 1.82) is 0 Å². The van der Waals surface area contributed by atoms with E-state index in [1.165, 1.54) is 6.20 Å². The molecule has 2 aromatic heterocycles. The molecule has 9 heteroatoms. The van der Waals surface area contributed by atoms with Crippen molar-refractivity contribution in [3.05, 3.63) is 29.2 Å². The zero-order chi connectivity index (χ0) is 15.5. The van der Waals surface area contributed by atoms with E-state index in [1.807, 2.05) is 24.6 Å². The number of hydrogen-bond donors (Lipinski definition) is 3. The molecule has 0 radical (unpaired) electrons. The second-order valence-electron chi connectivity index (χ2n) is 4.78. The zero-order valence-electron chi connectivity index (χ0n) is 12.0. The van der Waals surface area contributed by atoms with E-state index in [2.05, 4.69) is 20.0 Å². The van der Waals surface area contributed by atoms with Crippen LogP contribution in [0, 0.1) is 13.8 Å². The fraction of sp³-hybridized carbons (Fsp3) is 0.500. The highest BCUT2D eigenvalue weighted by Gasteiger charge is 2.19. The first-order valence-corrected chi connectivity index (χ1v) is 8.06. The zero-order valence-corrected chi connectivity index (χ0v) is 12.8. The number of aromatic nitrogens is 4. The van der Waals surface area contributed by atoms with Crippen LogP contribution >= 0.6 is 0 Å². The number of sulfonamides is 1. The van der Waals surface area contributed by atoms with Gasteiger partial charge in [-0.1, -0.05) is 0 Å². The Hall–Kier alpha value is -1.71. The third kappa shape index (κ3) is 3.69. The summed E-state index contributed by atoms with van der Waals surface area (Å²) >= 11 is 0. The van der Waals surface area contributed by atoms with Crippen molar-refractivity contribution in [3.8, 4) is 0 Å². The molecule has 0 spiro atoms. The molecule has 0 atom stereocenters. The molecule has 0 fully saturated rings. The van der Waals surface area contributed by atoms with Gasteiger partial charge in [0.2, 0.25) is 0 Å². The van der Waals surface area contributed by atoms with E-state index < -0.39 is 10.0 Å². The first kappa shape index (κ1) is 15.7. The van der Waals surface area contributed by atoms with Gasteiger partial charge >= 0.3 is 0 Å². The van der Waals surface area contributed by atoms with E-state index in [4.69, 9.17) is 5.11 Å². The van der Waals surface area contributed by atoms with E-state index in [0.29, 0.717) is 13.0 Å². The summed E-state index contributed by atoms with van der Waals surface area (Å²) in [6, 6.07) is 1.97. The first-order chi connectivity index (χ1) is 9.94. The lowest BCUT2D eigenvalue weighted by molar-refractivity contribution is 0.278. The maximum Gasteiger partial charge on any atom is 0.257 e. The summed E-state index contributed by atoms with van der Waals surface area (Å²) in [6.45, 7) is 4.42. The van der Waals surface area contributed by atoms with Gasteiger partial charge in [-0.3, -0.25) is 9.78 Å². The molecular formula is C12H19N5O3S. The minimum atomic E-state index is -3.68. The van der Waals surface area contributed by atoms with E-state index in [0.717, 1.165) is 11.4 Å². The molecule has 0 aliphatic carbocycles. The molecule has 0 amide bonds. The molecule has 2 rings (SSSR count). The number of hydrogen-bond acceptors (Lipinski definition) is 5. The Kier molecular flexibility index (Phi) is 4.76. The van der Waals surface area contributed by atoms with Crippen LogP contribution in [0.2, 0.25) is 0 Å². The van der Waals surface area contributed by atoms with Gasteiger partial charge in [-0.15, -0.1) is 0 Å². The van der Waals surface area contributed by atoms with Gasteiger partial charge in [0.15, 0.2) is 5.03 Å². The van der Waals surface area contributed by atoms with Gasteiger partial charge in [-0.2, -0.15) is 10.2 Å². The Bertz CT molecular complexity index is 704. The fourth-order valence-electron chi connectivity index (χ4n) is 2.05. The molecule has 0 aromatic carbocycles. The molecule has 2 aromatic rings. The summed E-state index contributed by atoms with van der Waals surface area (Å²) in [5.41, 5.74) is 2.24. The molecule has 21 heavy (non-hydrogen) atoms. The lowest BCUT2D eigenvalue weighted by atomic mass is 10.4. The minimum absolute atomic E-state index is 0.0869. The quantitative estimate of drug-likeness (QED) is 0.627. The van der Waals surface area contributed by atoms with Gasteiger partial charge in [0, 0.05) is 24.3 Å². The molecule has 0 unspecified atom stereocenters. The first-order valence-electron chi connectivity index (χ1n) is 6.58. The van der Waals surface area contributed by atoms with Crippen molar-refractivity contribution in [2.75, 3.05) is 6.54 Å². The highest BCUT2D eigenvalue weighted by atomic mass is 32.2. The van der Waals surface area contributed by atoms with Gasteiger partial charge in [-0.05, 0) is 26.3 Å².